The molecule has 0 spiro atoms. The van der Waals surface area contributed by atoms with Gasteiger partial charge in [0, 0.05) is 11.4 Å². The Morgan fingerprint density at radius 1 is 1.00 bits per heavy atom. The normalized spacial score (nSPS) is 10.2. The topological polar surface area (TPSA) is 128 Å². The number of nitrogens with zero attached hydrogens (tertiary/aromatic N) is 4. The summed E-state index contributed by atoms with van der Waals surface area (Å²) in [6.07, 6.45) is 1.41. The summed E-state index contributed by atoms with van der Waals surface area (Å²) < 4.78 is 1.40. The van der Waals surface area contributed by atoms with E-state index in [4.69, 9.17) is 5.73 Å². The van der Waals surface area contributed by atoms with Gasteiger partial charge < -0.3 is 16.4 Å². The Morgan fingerprint density at radius 3 is 2.46 bits per heavy atom. The van der Waals surface area contributed by atoms with Crippen molar-refractivity contribution in [3.05, 3.63) is 60.4 Å². The average molecular weight is 323 g/mol. The van der Waals surface area contributed by atoms with Crippen LogP contribution in [-0.2, 0) is 0 Å². The molecule has 3 rings (SSSR count). The summed E-state index contributed by atoms with van der Waals surface area (Å²) >= 11 is 0. The molecule has 0 atom stereocenters. The number of hydrogen-bond donors (Lipinski definition) is 3. The number of urea groups is 1. The van der Waals surface area contributed by atoms with Gasteiger partial charge in [-0.1, -0.05) is 18.2 Å². The SMILES string of the molecule is NC(=O)Nc1cccc(NC(=O)c2ccccc2-n2cnnn2)c1. The van der Waals surface area contributed by atoms with E-state index in [2.05, 4.69) is 26.2 Å². The molecule has 0 saturated carbocycles. The molecule has 1 aromatic heterocycles. The summed E-state index contributed by atoms with van der Waals surface area (Å²) in [7, 11) is 0. The summed E-state index contributed by atoms with van der Waals surface area (Å²) in [6, 6.07) is 12.9. The molecule has 0 aliphatic rings. The number of carbonyl (C=O) groups excluding carboxylic acids is 2. The molecule has 9 heteroatoms. The van der Waals surface area contributed by atoms with E-state index in [-0.39, 0.29) is 5.91 Å². The standard InChI is InChI=1S/C15H13N7O2/c16-15(24)19-11-5-3-4-10(8-11)18-14(23)12-6-1-2-7-13(12)22-9-17-20-21-22/h1-9H,(H,18,23)(H3,16,19,24). The first-order chi connectivity index (χ1) is 11.6. The van der Waals surface area contributed by atoms with Crippen LogP contribution in [0.3, 0.4) is 0 Å². The first-order valence-electron chi connectivity index (χ1n) is 6.94. The molecular formula is C15H13N7O2. The van der Waals surface area contributed by atoms with Crippen LogP contribution in [0.15, 0.2) is 54.9 Å². The predicted molar refractivity (Wildman–Crippen MR) is 86.8 cm³/mol. The third-order valence-corrected chi connectivity index (χ3v) is 3.13. The van der Waals surface area contributed by atoms with Crippen LogP contribution in [0.25, 0.3) is 5.69 Å². The molecule has 4 N–H and O–H groups in total. The predicted octanol–water partition coefficient (Wildman–Crippen LogP) is 1.41. The third kappa shape index (κ3) is 3.35. The molecule has 0 bridgehead atoms. The second kappa shape index (κ2) is 6.57. The number of benzene rings is 2. The van der Waals surface area contributed by atoms with Crippen LogP contribution in [0.5, 0.6) is 0 Å². The van der Waals surface area contributed by atoms with Gasteiger partial charge in [-0.2, -0.15) is 4.68 Å². The molecule has 0 fully saturated rings. The number of amides is 3. The Balaban J connectivity index is 1.85. The fourth-order valence-corrected chi connectivity index (χ4v) is 2.15. The molecule has 24 heavy (non-hydrogen) atoms. The highest BCUT2D eigenvalue weighted by molar-refractivity contribution is 6.07. The number of nitrogens with two attached hydrogens (primary N) is 1. The van der Waals surface area contributed by atoms with Gasteiger partial charge in [-0.05, 0) is 40.8 Å². The molecular weight excluding hydrogens is 310 g/mol. The first kappa shape index (κ1) is 15.2. The zero-order valence-corrected chi connectivity index (χ0v) is 12.4. The largest absolute Gasteiger partial charge is 0.351 e. The number of para-hydroxylation sites is 1. The molecule has 0 saturated heterocycles. The van der Waals surface area contributed by atoms with E-state index in [1.807, 2.05) is 0 Å². The molecule has 3 aromatic rings. The number of primary amides is 1. The van der Waals surface area contributed by atoms with Crippen LogP contribution in [0.4, 0.5) is 16.2 Å². The lowest BCUT2D eigenvalue weighted by molar-refractivity contribution is 0.102. The first-order valence-corrected chi connectivity index (χ1v) is 6.94. The van der Waals surface area contributed by atoms with Gasteiger partial charge in [0.25, 0.3) is 5.91 Å². The van der Waals surface area contributed by atoms with Crippen molar-refractivity contribution in [1.82, 2.24) is 20.2 Å². The second-order valence-electron chi connectivity index (χ2n) is 4.80. The number of rotatable bonds is 4. The fraction of sp³-hybridized carbons (Fsp3) is 0. The molecule has 120 valence electrons. The molecule has 0 radical (unpaired) electrons. The minimum absolute atomic E-state index is 0.336. The van der Waals surface area contributed by atoms with Gasteiger partial charge in [-0.15, -0.1) is 5.10 Å². The monoisotopic (exact) mass is 323 g/mol. The van der Waals surface area contributed by atoms with E-state index >= 15 is 0 Å². The van der Waals surface area contributed by atoms with E-state index in [9.17, 15) is 9.59 Å². The number of anilines is 2. The van der Waals surface area contributed by atoms with E-state index in [0.717, 1.165) is 0 Å². The Morgan fingerprint density at radius 2 is 1.75 bits per heavy atom. The maximum absolute atomic E-state index is 12.6. The Hall–Kier alpha value is -3.75. The van der Waals surface area contributed by atoms with Crippen LogP contribution in [-0.4, -0.2) is 32.1 Å². The zero-order valence-electron chi connectivity index (χ0n) is 12.4. The lowest BCUT2D eigenvalue weighted by Gasteiger charge is -2.10. The van der Waals surface area contributed by atoms with E-state index in [1.165, 1.54) is 11.0 Å². The van der Waals surface area contributed by atoms with Crippen LogP contribution in [0, 0.1) is 0 Å². The summed E-state index contributed by atoms with van der Waals surface area (Å²) in [5.41, 5.74) is 7.02. The smallest absolute Gasteiger partial charge is 0.316 e. The summed E-state index contributed by atoms with van der Waals surface area (Å²) in [4.78, 5) is 23.5. The van der Waals surface area contributed by atoms with Crippen LogP contribution in [0.1, 0.15) is 10.4 Å². The summed E-state index contributed by atoms with van der Waals surface area (Å²) in [5, 5.41) is 16.1. The van der Waals surface area contributed by atoms with Gasteiger partial charge in [0.05, 0.1) is 11.3 Å². The minimum Gasteiger partial charge on any atom is -0.351 e. The number of aromatic nitrogens is 4. The average Bonchev–Trinajstić information content (AvgIpc) is 3.09. The zero-order chi connectivity index (χ0) is 16.9. The molecule has 0 aliphatic carbocycles. The van der Waals surface area contributed by atoms with Crippen molar-refractivity contribution >= 4 is 23.3 Å². The molecule has 0 aliphatic heterocycles. The fourth-order valence-electron chi connectivity index (χ4n) is 2.15. The van der Waals surface area contributed by atoms with Crippen molar-refractivity contribution in [3.8, 4) is 5.69 Å². The Kier molecular flexibility index (Phi) is 4.15. The molecule has 1 heterocycles. The number of carbonyl (C=O) groups is 2. The second-order valence-corrected chi connectivity index (χ2v) is 4.80. The molecule has 3 amide bonds. The third-order valence-electron chi connectivity index (χ3n) is 3.13. The summed E-state index contributed by atoms with van der Waals surface area (Å²) in [5.74, 6) is -0.336. The maximum Gasteiger partial charge on any atom is 0.316 e. The van der Waals surface area contributed by atoms with Crippen molar-refractivity contribution in [1.29, 1.82) is 0 Å². The van der Waals surface area contributed by atoms with Gasteiger partial charge in [-0.3, -0.25) is 4.79 Å². The van der Waals surface area contributed by atoms with Gasteiger partial charge >= 0.3 is 6.03 Å². The minimum atomic E-state index is -0.678. The highest BCUT2D eigenvalue weighted by atomic mass is 16.2. The highest BCUT2D eigenvalue weighted by Gasteiger charge is 2.13. The van der Waals surface area contributed by atoms with Gasteiger partial charge in [0.2, 0.25) is 0 Å². The van der Waals surface area contributed by atoms with Crippen LogP contribution in [0.2, 0.25) is 0 Å². The van der Waals surface area contributed by atoms with Crippen LogP contribution < -0.4 is 16.4 Å². The number of hydrogen-bond acceptors (Lipinski definition) is 5. The number of nitrogens with one attached hydrogen (secondary N) is 2. The maximum atomic E-state index is 12.6. The van der Waals surface area contributed by atoms with Crippen molar-refractivity contribution in [2.45, 2.75) is 0 Å². The van der Waals surface area contributed by atoms with Crippen molar-refractivity contribution in [2.24, 2.45) is 5.73 Å². The lowest BCUT2D eigenvalue weighted by Crippen LogP contribution is -2.19. The Bertz CT molecular complexity index is 877. The Labute approximate surface area is 136 Å². The highest BCUT2D eigenvalue weighted by Crippen LogP contribution is 2.18. The quantitative estimate of drug-likeness (QED) is 0.668. The lowest BCUT2D eigenvalue weighted by atomic mass is 10.1. The van der Waals surface area contributed by atoms with E-state index in [1.54, 1.807) is 48.5 Å². The number of tetrazole rings is 1. The van der Waals surface area contributed by atoms with Crippen molar-refractivity contribution in [3.63, 3.8) is 0 Å². The molecule has 0 unspecified atom stereocenters. The van der Waals surface area contributed by atoms with Crippen molar-refractivity contribution in [2.75, 3.05) is 10.6 Å². The van der Waals surface area contributed by atoms with E-state index in [0.29, 0.717) is 22.6 Å². The van der Waals surface area contributed by atoms with Gasteiger partial charge in [-0.25, -0.2) is 4.79 Å². The van der Waals surface area contributed by atoms with Gasteiger partial charge in [0.1, 0.15) is 6.33 Å². The van der Waals surface area contributed by atoms with Crippen molar-refractivity contribution < 1.29 is 9.59 Å². The summed E-state index contributed by atoms with van der Waals surface area (Å²) in [6.45, 7) is 0. The molecule has 9 nitrogen and oxygen atoms in total. The van der Waals surface area contributed by atoms with Gasteiger partial charge in [0.15, 0.2) is 0 Å². The molecule has 2 aromatic carbocycles. The van der Waals surface area contributed by atoms with E-state index < -0.39 is 6.03 Å². The van der Waals surface area contributed by atoms with Crippen LogP contribution >= 0.6 is 0 Å².